The van der Waals surface area contributed by atoms with Crippen LogP contribution in [0.1, 0.15) is 65.2 Å². The van der Waals surface area contributed by atoms with Gasteiger partial charge in [-0.25, -0.2) is 0 Å². The van der Waals surface area contributed by atoms with Crippen molar-refractivity contribution in [1.82, 2.24) is 5.32 Å². The maximum atomic E-state index is 6.22. The van der Waals surface area contributed by atoms with Crippen LogP contribution in [-0.4, -0.2) is 25.3 Å². The van der Waals surface area contributed by atoms with Gasteiger partial charge in [-0.1, -0.05) is 39.5 Å². The molecule has 0 aromatic heterocycles. The second kappa shape index (κ2) is 7.49. The molecule has 2 aliphatic rings. The number of hydrogen-bond donors (Lipinski definition) is 1. The van der Waals surface area contributed by atoms with Gasteiger partial charge in [-0.05, 0) is 44.1 Å². The first-order valence-electron chi connectivity index (χ1n) is 8.18. The summed E-state index contributed by atoms with van der Waals surface area (Å²) in [5.74, 6) is 1.88. The SMILES string of the molecule is CCNC1CCC(CC)CC1OCCC1CCC1. The molecule has 18 heavy (non-hydrogen) atoms. The van der Waals surface area contributed by atoms with Gasteiger partial charge in [0.05, 0.1) is 6.10 Å². The fourth-order valence-corrected chi connectivity index (χ4v) is 3.43. The van der Waals surface area contributed by atoms with E-state index in [1.807, 2.05) is 0 Å². The van der Waals surface area contributed by atoms with Crippen LogP contribution in [0.4, 0.5) is 0 Å². The quantitative estimate of drug-likeness (QED) is 0.746. The molecule has 2 saturated carbocycles. The van der Waals surface area contributed by atoms with Crippen molar-refractivity contribution in [2.75, 3.05) is 13.2 Å². The molecule has 0 aromatic rings. The molecule has 3 atom stereocenters. The van der Waals surface area contributed by atoms with E-state index in [1.165, 1.54) is 51.4 Å². The van der Waals surface area contributed by atoms with Crippen LogP contribution in [0.5, 0.6) is 0 Å². The van der Waals surface area contributed by atoms with Gasteiger partial charge in [0, 0.05) is 12.6 Å². The van der Waals surface area contributed by atoms with Gasteiger partial charge in [0.1, 0.15) is 0 Å². The van der Waals surface area contributed by atoms with E-state index in [2.05, 4.69) is 19.2 Å². The fraction of sp³-hybridized carbons (Fsp3) is 1.00. The number of ether oxygens (including phenoxy) is 1. The second-order valence-electron chi connectivity index (χ2n) is 6.25. The van der Waals surface area contributed by atoms with Crippen molar-refractivity contribution >= 4 is 0 Å². The Morgan fingerprint density at radius 3 is 2.50 bits per heavy atom. The average Bonchev–Trinajstić information content (AvgIpc) is 2.34. The molecule has 106 valence electrons. The van der Waals surface area contributed by atoms with Crippen molar-refractivity contribution in [1.29, 1.82) is 0 Å². The van der Waals surface area contributed by atoms with Crippen molar-refractivity contribution in [2.45, 2.75) is 77.4 Å². The van der Waals surface area contributed by atoms with E-state index in [-0.39, 0.29) is 0 Å². The first-order chi connectivity index (χ1) is 8.83. The Bertz CT molecular complexity index is 227. The predicted octanol–water partition coefficient (Wildman–Crippen LogP) is 3.75. The highest BCUT2D eigenvalue weighted by atomic mass is 16.5. The summed E-state index contributed by atoms with van der Waals surface area (Å²) in [6.07, 6.45) is 11.4. The zero-order valence-electron chi connectivity index (χ0n) is 12.3. The molecule has 0 aliphatic heterocycles. The van der Waals surface area contributed by atoms with Crippen LogP contribution >= 0.6 is 0 Å². The first kappa shape index (κ1) is 14.3. The molecule has 0 saturated heterocycles. The Balaban J connectivity index is 1.72. The number of likely N-dealkylation sites (N-methyl/N-ethyl adjacent to an activating group) is 1. The molecule has 2 nitrogen and oxygen atoms in total. The Morgan fingerprint density at radius 2 is 1.89 bits per heavy atom. The Labute approximate surface area is 113 Å². The fourth-order valence-electron chi connectivity index (χ4n) is 3.43. The van der Waals surface area contributed by atoms with E-state index in [9.17, 15) is 0 Å². The van der Waals surface area contributed by atoms with Gasteiger partial charge in [0.2, 0.25) is 0 Å². The average molecular weight is 253 g/mol. The van der Waals surface area contributed by atoms with Gasteiger partial charge in [-0.15, -0.1) is 0 Å². The van der Waals surface area contributed by atoms with Crippen molar-refractivity contribution in [2.24, 2.45) is 11.8 Å². The molecule has 2 heteroatoms. The summed E-state index contributed by atoms with van der Waals surface area (Å²) in [6.45, 7) is 6.60. The number of nitrogens with one attached hydrogen (secondary N) is 1. The first-order valence-corrected chi connectivity index (χ1v) is 8.18. The summed E-state index contributed by atoms with van der Waals surface area (Å²) in [6, 6.07) is 0.610. The lowest BCUT2D eigenvalue weighted by Crippen LogP contribution is -2.45. The summed E-state index contributed by atoms with van der Waals surface area (Å²) in [4.78, 5) is 0. The standard InChI is InChI=1S/C16H31NO/c1-3-13-8-9-15(17-4-2)16(12-13)18-11-10-14-6-5-7-14/h13-17H,3-12H2,1-2H3. The molecule has 0 spiro atoms. The Morgan fingerprint density at radius 1 is 1.06 bits per heavy atom. The third-order valence-electron chi connectivity index (χ3n) is 5.03. The molecule has 0 amide bonds. The zero-order valence-corrected chi connectivity index (χ0v) is 12.3. The van der Waals surface area contributed by atoms with E-state index < -0.39 is 0 Å². The van der Waals surface area contributed by atoms with E-state index in [4.69, 9.17) is 4.74 Å². The lowest BCUT2D eigenvalue weighted by Gasteiger charge is -2.37. The zero-order chi connectivity index (χ0) is 12.8. The summed E-state index contributed by atoms with van der Waals surface area (Å²) >= 11 is 0. The van der Waals surface area contributed by atoms with E-state index >= 15 is 0 Å². The molecule has 0 radical (unpaired) electrons. The van der Waals surface area contributed by atoms with Crippen LogP contribution in [0.15, 0.2) is 0 Å². The van der Waals surface area contributed by atoms with Gasteiger partial charge >= 0.3 is 0 Å². The van der Waals surface area contributed by atoms with Gasteiger partial charge in [-0.2, -0.15) is 0 Å². The van der Waals surface area contributed by atoms with Crippen molar-refractivity contribution in [3.05, 3.63) is 0 Å². The van der Waals surface area contributed by atoms with Gasteiger partial charge in [-0.3, -0.25) is 0 Å². The number of rotatable bonds is 7. The molecule has 2 aliphatic carbocycles. The highest BCUT2D eigenvalue weighted by molar-refractivity contribution is 4.85. The largest absolute Gasteiger partial charge is 0.377 e. The summed E-state index contributed by atoms with van der Waals surface area (Å²) in [7, 11) is 0. The maximum absolute atomic E-state index is 6.22. The highest BCUT2D eigenvalue weighted by Gasteiger charge is 2.30. The molecule has 2 fully saturated rings. The van der Waals surface area contributed by atoms with Crippen LogP contribution in [0.3, 0.4) is 0 Å². The molecule has 0 heterocycles. The van der Waals surface area contributed by atoms with Crippen LogP contribution < -0.4 is 5.32 Å². The van der Waals surface area contributed by atoms with Crippen molar-refractivity contribution in [3.8, 4) is 0 Å². The minimum absolute atomic E-state index is 0.476. The molecule has 3 unspecified atom stereocenters. The molecule has 0 aromatic carbocycles. The third kappa shape index (κ3) is 3.96. The predicted molar refractivity (Wildman–Crippen MR) is 76.8 cm³/mol. The van der Waals surface area contributed by atoms with E-state index in [1.54, 1.807) is 0 Å². The third-order valence-corrected chi connectivity index (χ3v) is 5.03. The van der Waals surface area contributed by atoms with E-state index in [0.29, 0.717) is 12.1 Å². The van der Waals surface area contributed by atoms with Crippen molar-refractivity contribution < 1.29 is 4.74 Å². The molecule has 1 N–H and O–H groups in total. The van der Waals surface area contributed by atoms with Crippen LogP contribution in [0.25, 0.3) is 0 Å². The van der Waals surface area contributed by atoms with Crippen LogP contribution in [0, 0.1) is 11.8 Å². The van der Waals surface area contributed by atoms with Crippen LogP contribution in [0.2, 0.25) is 0 Å². The normalized spacial score (nSPS) is 33.3. The monoisotopic (exact) mass is 253 g/mol. The topological polar surface area (TPSA) is 21.3 Å². The highest BCUT2D eigenvalue weighted by Crippen LogP contribution is 2.31. The minimum Gasteiger partial charge on any atom is -0.377 e. The molecular weight excluding hydrogens is 222 g/mol. The van der Waals surface area contributed by atoms with E-state index in [0.717, 1.165) is 25.0 Å². The van der Waals surface area contributed by atoms with Gasteiger partial charge < -0.3 is 10.1 Å². The lowest BCUT2D eigenvalue weighted by atomic mass is 9.82. The molecule has 2 rings (SSSR count). The summed E-state index contributed by atoms with van der Waals surface area (Å²) in [5, 5.41) is 3.62. The maximum Gasteiger partial charge on any atom is 0.0730 e. The summed E-state index contributed by atoms with van der Waals surface area (Å²) < 4.78 is 6.22. The smallest absolute Gasteiger partial charge is 0.0730 e. The molecule has 0 bridgehead atoms. The van der Waals surface area contributed by atoms with Crippen LogP contribution in [-0.2, 0) is 4.74 Å². The molecular formula is C16H31NO. The minimum atomic E-state index is 0.476. The number of hydrogen-bond acceptors (Lipinski definition) is 2. The second-order valence-corrected chi connectivity index (χ2v) is 6.25. The van der Waals surface area contributed by atoms with Gasteiger partial charge in [0.25, 0.3) is 0 Å². The van der Waals surface area contributed by atoms with Gasteiger partial charge in [0.15, 0.2) is 0 Å². The Hall–Kier alpha value is -0.0800. The van der Waals surface area contributed by atoms with Crippen molar-refractivity contribution in [3.63, 3.8) is 0 Å². The summed E-state index contributed by atoms with van der Waals surface area (Å²) in [5.41, 5.74) is 0. The Kier molecular flexibility index (Phi) is 5.97. The lowest BCUT2D eigenvalue weighted by molar-refractivity contribution is -0.0184.